The number of halogens is 1. The number of hydrogen-bond donors (Lipinski definition) is 2. The van der Waals surface area contributed by atoms with Crippen molar-refractivity contribution in [3.05, 3.63) is 29.1 Å². The van der Waals surface area contributed by atoms with Gasteiger partial charge in [-0.05, 0) is 51.7 Å². The monoisotopic (exact) mass is 318 g/mol. The van der Waals surface area contributed by atoms with Crippen LogP contribution in [-0.4, -0.2) is 51.6 Å². The van der Waals surface area contributed by atoms with Gasteiger partial charge < -0.3 is 10.0 Å². The lowest BCUT2D eigenvalue weighted by molar-refractivity contribution is 0.0691. The number of carboxylic acid groups (broad SMARTS) is 1. The Morgan fingerprint density at radius 3 is 2.52 bits per heavy atom. The molecule has 0 amide bonds. The Balaban J connectivity index is 2.96. The van der Waals surface area contributed by atoms with Crippen molar-refractivity contribution in [2.24, 2.45) is 0 Å². The molecule has 0 aliphatic carbocycles. The molecule has 0 saturated carbocycles. The third-order valence-electron chi connectivity index (χ3n) is 2.84. The topological polar surface area (TPSA) is 86.7 Å². The van der Waals surface area contributed by atoms with E-state index in [9.17, 15) is 17.6 Å². The molecule has 0 fully saturated rings. The number of carbonyl (C=O) groups is 1. The number of nitrogens with one attached hydrogen (secondary N) is 1. The number of benzene rings is 1. The van der Waals surface area contributed by atoms with Crippen LogP contribution in [0.3, 0.4) is 0 Å². The molecule has 6 nitrogen and oxygen atoms in total. The van der Waals surface area contributed by atoms with Gasteiger partial charge in [0.2, 0.25) is 10.0 Å². The number of rotatable bonds is 7. The molecular weight excluding hydrogens is 299 g/mol. The summed E-state index contributed by atoms with van der Waals surface area (Å²) in [6.07, 6.45) is 0.609. The lowest BCUT2D eigenvalue weighted by Crippen LogP contribution is -2.27. The van der Waals surface area contributed by atoms with Crippen molar-refractivity contribution in [3.63, 3.8) is 0 Å². The van der Waals surface area contributed by atoms with Gasteiger partial charge in [0, 0.05) is 6.54 Å². The van der Waals surface area contributed by atoms with E-state index in [1.807, 2.05) is 19.0 Å². The van der Waals surface area contributed by atoms with E-state index in [2.05, 4.69) is 4.72 Å². The molecule has 0 unspecified atom stereocenters. The molecular formula is C13H19FN2O4S. The molecule has 0 radical (unpaired) electrons. The van der Waals surface area contributed by atoms with Crippen molar-refractivity contribution < 1.29 is 22.7 Å². The van der Waals surface area contributed by atoms with E-state index in [1.54, 1.807) is 0 Å². The van der Waals surface area contributed by atoms with Crippen LogP contribution in [0.2, 0.25) is 0 Å². The first-order valence-electron chi connectivity index (χ1n) is 6.33. The van der Waals surface area contributed by atoms with E-state index in [-0.39, 0.29) is 17.0 Å². The van der Waals surface area contributed by atoms with Gasteiger partial charge in [0.15, 0.2) is 0 Å². The third kappa shape index (κ3) is 4.76. The van der Waals surface area contributed by atoms with Crippen LogP contribution in [0.4, 0.5) is 4.39 Å². The van der Waals surface area contributed by atoms with Gasteiger partial charge in [-0.2, -0.15) is 0 Å². The molecule has 0 spiro atoms. The maximum atomic E-state index is 13.6. The fourth-order valence-electron chi connectivity index (χ4n) is 1.73. The predicted molar refractivity (Wildman–Crippen MR) is 76.5 cm³/mol. The second-order valence-electron chi connectivity index (χ2n) is 4.96. The van der Waals surface area contributed by atoms with Crippen molar-refractivity contribution in [2.45, 2.75) is 18.2 Å². The van der Waals surface area contributed by atoms with Crippen molar-refractivity contribution in [1.82, 2.24) is 9.62 Å². The Kier molecular flexibility index (Phi) is 5.82. The Hall–Kier alpha value is -1.51. The van der Waals surface area contributed by atoms with Gasteiger partial charge in [-0.1, -0.05) is 0 Å². The summed E-state index contributed by atoms with van der Waals surface area (Å²) in [7, 11) is -0.108. The zero-order chi connectivity index (χ0) is 16.2. The van der Waals surface area contributed by atoms with Crippen LogP contribution in [0.15, 0.2) is 17.0 Å². The second kappa shape index (κ2) is 6.97. The number of aromatic carboxylic acids is 1. The van der Waals surface area contributed by atoms with Crippen molar-refractivity contribution in [3.8, 4) is 0 Å². The minimum Gasteiger partial charge on any atom is -0.478 e. The summed E-state index contributed by atoms with van der Waals surface area (Å²) in [4.78, 5) is 12.6. The van der Waals surface area contributed by atoms with Crippen molar-refractivity contribution in [2.75, 3.05) is 27.2 Å². The van der Waals surface area contributed by atoms with Gasteiger partial charge >= 0.3 is 5.97 Å². The average molecular weight is 318 g/mol. The summed E-state index contributed by atoms with van der Waals surface area (Å²) in [5.74, 6) is -2.42. The molecule has 118 valence electrons. The fraction of sp³-hybridized carbons (Fsp3) is 0.462. The highest BCUT2D eigenvalue weighted by Crippen LogP contribution is 2.19. The number of aryl methyl sites for hydroxylation is 1. The molecule has 0 aliphatic rings. The van der Waals surface area contributed by atoms with Gasteiger partial charge in [-0.15, -0.1) is 0 Å². The molecule has 1 aromatic carbocycles. The molecule has 21 heavy (non-hydrogen) atoms. The minimum absolute atomic E-state index is 0.0245. The first-order valence-corrected chi connectivity index (χ1v) is 7.81. The van der Waals surface area contributed by atoms with Crippen LogP contribution < -0.4 is 4.72 Å². The number of sulfonamides is 1. The van der Waals surface area contributed by atoms with Crippen molar-refractivity contribution in [1.29, 1.82) is 0 Å². The summed E-state index contributed by atoms with van der Waals surface area (Å²) in [6.45, 7) is 2.26. The Bertz CT molecular complexity index is 629. The molecule has 0 atom stereocenters. The highest BCUT2D eigenvalue weighted by Gasteiger charge is 2.20. The molecule has 0 aromatic heterocycles. The summed E-state index contributed by atoms with van der Waals surface area (Å²) in [6, 6.07) is 1.95. The molecule has 8 heteroatoms. The number of hydrogen-bond acceptors (Lipinski definition) is 4. The third-order valence-corrected chi connectivity index (χ3v) is 4.28. The van der Waals surface area contributed by atoms with Crippen LogP contribution >= 0.6 is 0 Å². The van der Waals surface area contributed by atoms with Gasteiger partial charge in [0.25, 0.3) is 0 Å². The molecule has 0 saturated heterocycles. The zero-order valence-electron chi connectivity index (χ0n) is 12.2. The van der Waals surface area contributed by atoms with Crippen LogP contribution in [0.1, 0.15) is 22.3 Å². The van der Waals surface area contributed by atoms with E-state index >= 15 is 0 Å². The van der Waals surface area contributed by atoms with Crippen LogP contribution in [0, 0.1) is 12.7 Å². The first-order chi connectivity index (χ1) is 9.65. The summed E-state index contributed by atoms with van der Waals surface area (Å²) >= 11 is 0. The van der Waals surface area contributed by atoms with Crippen LogP contribution in [0.25, 0.3) is 0 Å². The molecule has 0 bridgehead atoms. The van der Waals surface area contributed by atoms with Gasteiger partial charge in [0.05, 0.1) is 10.5 Å². The van der Waals surface area contributed by atoms with E-state index in [0.29, 0.717) is 13.0 Å². The summed E-state index contributed by atoms with van der Waals surface area (Å²) in [5.41, 5.74) is -0.674. The second-order valence-corrected chi connectivity index (χ2v) is 6.73. The normalized spacial score (nSPS) is 11.9. The smallest absolute Gasteiger partial charge is 0.338 e. The van der Waals surface area contributed by atoms with Gasteiger partial charge in [-0.25, -0.2) is 22.3 Å². The van der Waals surface area contributed by atoms with Crippen LogP contribution in [-0.2, 0) is 10.0 Å². The minimum atomic E-state index is -3.85. The molecule has 0 aliphatic heterocycles. The van der Waals surface area contributed by atoms with Crippen molar-refractivity contribution >= 4 is 16.0 Å². The zero-order valence-corrected chi connectivity index (χ0v) is 13.0. The highest BCUT2D eigenvalue weighted by molar-refractivity contribution is 7.89. The maximum Gasteiger partial charge on any atom is 0.338 e. The Morgan fingerprint density at radius 1 is 1.38 bits per heavy atom. The fourth-order valence-corrected chi connectivity index (χ4v) is 2.92. The first kappa shape index (κ1) is 17.5. The SMILES string of the molecule is Cc1cc(S(=O)(=O)NCCCN(C)C)cc(C(=O)O)c1F. The Morgan fingerprint density at radius 2 is 2.00 bits per heavy atom. The predicted octanol–water partition coefficient (Wildman–Crippen LogP) is 1.06. The van der Waals surface area contributed by atoms with E-state index in [4.69, 9.17) is 5.11 Å². The largest absolute Gasteiger partial charge is 0.478 e. The highest BCUT2D eigenvalue weighted by atomic mass is 32.2. The molecule has 1 aromatic rings. The maximum absolute atomic E-state index is 13.6. The lowest BCUT2D eigenvalue weighted by atomic mass is 10.1. The van der Waals surface area contributed by atoms with Gasteiger partial charge in [0.1, 0.15) is 5.82 Å². The van der Waals surface area contributed by atoms with Crippen LogP contribution in [0.5, 0.6) is 0 Å². The van der Waals surface area contributed by atoms with Gasteiger partial charge in [-0.3, -0.25) is 0 Å². The number of nitrogens with zero attached hydrogens (tertiary/aromatic N) is 1. The molecule has 0 heterocycles. The summed E-state index contributed by atoms with van der Waals surface area (Å²) in [5, 5.41) is 8.89. The number of carboxylic acids is 1. The Labute approximate surface area is 123 Å². The standard InChI is InChI=1S/C13H19FN2O4S/c1-9-7-10(8-11(12(9)14)13(17)18)21(19,20)15-5-4-6-16(2)3/h7-8,15H,4-6H2,1-3H3,(H,17,18). The quantitative estimate of drug-likeness (QED) is 0.734. The lowest BCUT2D eigenvalue weighted by Gasteiger charge is -2.11. The van der Waals surface area contributed by atoms with E-state index < -0.39 is 27.4 Å². The average Bonchev–Trinajstić information content (AvgIpc) is 2.37. The summed E-state index contributed by atoms with van der Waals surface area (Å²) < 4.78 is 40.1. The molecule has 2 N–H and O–H groups in total. The molecule has 1 rings (SSSR count). The van der Waals surface area contributed by atoms with E-state index in [0.717, 1.165) is 12.1 Å². The van der Waals surface area contributed by atoms with E-state index in [1.165, 1.54) is 6.92 Å².